The van der Waals surface area contributed by atoms with Crippen LogP contribution in [0, 0.1) is 5.92 Å². The van der Waals surface area contributed by atoms with Gasteiger partial charge < -0.3 is 25.0 Å². The second-order valence-corrected chi connectivity index (χ2v) is 12.4. The van der Waals surface area contributed by atoms with E-state index in [9.17, 15) is 23.1 Å². The van der Waals surface area contributed by atoms with Gasteiger partial charge in [-0.1, -0.05) is 25.1 Å². The van der Waals surface area contributed by atoms with Crippen LogP contribution in [0.2, 0.25) is 0 Å². The van der Waals surface area contributed by atoms with Crippen LogP contribution < -0.4 is 10.1 Å². The number of hydrogen-bond donors (Lipinski definition) is 2. The smallest absolute Gasteiger partial charge is 0.258 e. The highest BCUT2D eigenvalue weighted by Crippen LogP contribution is 2.31. The molecule has 3 rings (SSSR count). The molecule has 39 heavy (non-hydrogen) atoms. The number of benzene rings is 2. The zero-order valence-corrected chi connectivity index (χ0v) is 24.1. The van der Waals surface area contributed by atoms with Crippen LogP contribution >= 0.6 is 0 Å². The van der Waals surface area contributed by atoms with E-state index in [0.717, 1.165) is 6.54 Å². The zero-order valence-electron chi connectivity index (χ0n) is 23.3. The maximum atomic E-state index is 13.6. The van der Waals surface area contributed by atoms with Crippen molar-refractivity contribution in [2.45, 2.75) is 43.7 Å². The van der Waals surface area contributed by atoms with E-state index in [1.807, 2.05) is 25.9 Å². The average molecular weight is 561 g/mol. The van der Waals surface area contributed by atoms with Crippen LogP contribution in [-0.2, 0) is 14.8 Å². The SMILES string of the molecule is C[C@@H]1CN([C@@H](C)CO)C(=O)c2cc(NC(=O)CCCN(C)C)ccc2O[C@H]1CN(C)S(=O)(=O)c1ccccc1. The molecule has 0 unspecified atom stereocenters. The molecule has 2 aromatic rings. The quantitative estimate of drug-likeness (QED) is 0.433. The van der Waals surface area contributed by atoms with E-state index in [1.54, 1.807) is 60.4 Å². The Morgan fingerprint density at radius 2 is 1.87 bits per heavy atom. The molecular formula is C28H40N4O6S. The highest BCUT2D eigenvalue weighted by molar-refractivity contribution is 7.89. The molecule has 2 N–H and O–H groups in total. The fourth-order valence-corrected chi connectivity index (χ4v) is 5.63. The number of aliphatic hydroxyl groups excluding tert-OH is 1. The predicted molar refractivity (Wildman–Crippen MR) is 150 cm³/mol. The molecule has 2 aromatic carbocycles. The molecule has 0 aromatic heterocycles. The van der Waals surface area contributed by atoms with E-state index in [2.05, 4.69) is 5.32 Å². The van der Waals surface area contributed by atoms with E-state index in [4.69, 9.17) is 4.74 Å². The number of fused-ring (bicyclic) bond motifs is 1. The largest absolute Gasteiger partial charge is 0.488 e. The molecule has 0 saturated heterocycles. The summed E-state index contributed by atoms with van der Waals surface area (Å²) in [6.45, 7) is 4.51. The molecule has 214 valence electrons. The van der Waals surface area contributed by atoms with Gasteiger partial charge in [0, 0.05) is 31.6 Å². The third-order valence-corrected chi connectivity index (χ3v) is 8.68. The average Bonchev–Trinajstić information content (AvgIpc) is 2.90. The number of anilines is 1. The number of carbonyl (C=O) groups is 2. The first-order valence-corrected chi connectivity index (χ1v) is 14.6. The minimum Gasteiger partial charge on any atom is -0.488 e. The third-order valence-electron chi connectivity index (χ3n) is 6.85. The van der Waals surface area contributed by atoms with Gasteiger partial charge in [-0.25, -0.2) is 8.42 Å². The molecule has 0 bridgehead atoms. The number of rotatable bonds is 11. The lowest BCUT2D eigenvalue weighted by molar-refractivity contribution is -0.116. The lowest BCUT2D eigenvalue weighted by Gasteiger charge is -2.38. The number of aliphatic hydroxyl groups is 1. The van der Waals surface area contributed by atoms with Crippen molar-refractivity contribution >= 4 is 27.5 Å². The maximum absolute atomic E-state index is 13.6. The highest BCUT2D eigenvalue weighted by atomic mass is 32.2. The minimum atomic E-state index is -3.76. The second-order valence-electron chi connectivity index (χ2n) is 10.4. The van der Waals surface area contributed by atoms with Gasteiger partial charge in [-0.15, -0.1) is 0 Å². The molecule has 10 nitrogen and oxygen atoms in total. The van der Waals surface area contributed by atoms with Crippen LogP contribution in [0.3, 0.4) is 0 Å². The summed E-state index contributed by atoms with van der Waals surface area (Å²) in [6, 6.07) is 12.6. The number of sulfonamides is 1. The van der Waals surface area contributed by atoms with Crippen molar-refractivity contribution in [2.75, 3.05) is 52.7 Å². The van der Waals surface area contributed by atoms with Crippen LogP contribution in [0.5, 0.6) is 5.75 Å². The number of hydrogen-bond acceptors (Lipinski definition) is 7. The molecule has 11 heteroatoms. The number of ether oxygens (including phenoxy) is 1. The number of amides is 2. The lowest BCUT2D eigenvalue weighted by atomic mass is 9.99. The summed E-state index contributed by atoms with van der Waals surface area (Å²) in [5.74, 6) is -0.440. The molecule has 0 saturated carbocycles. The summed E-state index contributed by atoms with van der Waals surface area (Å²) in [5.41, 5.74) is 0.706. The minimum absolute atomic E-state index is 0.0533. The molecule has 0 fully saturated rings. The Labute approximate surface area is 231 Å². The molecule has 0 radical (unpaired) electrons. The Hall–Kier alpha value is -2.99. The topological polar surface area (TPSA) is 119 Å². The van der Waals surface area contributed by atoms with Gasteiger partial charge in [0.05, 0.1) is 29.7 Å². The Bertz CT molecular complexity index is 1240. The molecule has 1 aliphatic rings. The van der Waals surface area contributed by atoms with Crippen LogP contribution in [-0.4, -0.2) is 99.0 Å². The first kappa shape index (κ1) is 30.6. The Kier molecular flexibility index (Phi) is 10.5. The number of nitrogens with zero attached hydrogens (tertiary/aromatic N) is 3. The normalized spacial score (nSPS) is 18.8. The second kappa shape index (κ2) is 13.4. The molecule has 1 aliphatic heterocycles. The summed E-state index contributed by atoms with van der Waals surface area (Å²) in [5, 5.41) is 12.7. The summed E-state index contributed by atoms with van der Waals surface area (Å²) >= 11 is 0. The number of carbonyl (C=O) groups excluding carboxylic acids is 2. The summed E-state index contributed by atoms with van der Waals surface area (Å²) in [7, 11) is 1.64. The predicted octanol–water partition coefficient (Wildman–Crippen LogP) is 2.51. The Morgan fingerprint density at radius 1 is 1.18 bits per heavy atom. The molecular weight excluding hydrogens is 520 g/mol. The fraction of sp³-hybridized carbons (Fsp3) is 0.500. The van der Waals surface area contributed by atoms with E-state index < -0.39 is 22.2 Å². The van der Waals surface area contributed by atoms with Crippen molar-refractivity contribution in [3.8, 4) is 5.75 Å². The molecule has 1 heterocycles. The van der Waals surface area contributed by atoms with Crippen LogP contribution in [0.1, 0.15) is 37.0 Å². The molecule has 0 spiro atoms. The number of nitrogens with one attached hydrogen (secondary N) is 1. The van der Waals surface area contributed by atoms with Crippen molar-refractivity contribution < 1.29 is 27.9 Å². The van der Waals surface area contributed by atoms with Gasteiger partial charge in [-0.3, -0.25) is 9.59 Å². The maximum Gasteiger partial charge on any atom is 0.258 e. The molecule has 2 amide bonds. The van der Waals surface area contributed by atoms with Gasteiger partial charge in [0.15, 0.2) is 0 Å². The summed E-state index contributed by atoms with van der Waals surface area (Å²) in [6.07, 6.45) is 0.460. The van der Waals surface area contributed by atoms with Crippen molar-refractivity contribution in [1.82, 2.24) is 14.1 Å². The van der Waals surface area contributed by atoms with Crippen molar-refractivity contribution in [3.63, 3.8) is 0 Å². The van der Waals surface area contributed by atoms with Crippen LogP contribution in [0.4, 0.5) is 5.69 Å². The van der Waals surface area contributed by atoms with Gasteiger partial charge in [0.25, 0.3) is 5.91 Å². The van der Waals surface area contributed by atoms with E-state index in [1.165, 1.54) is 11.4 Å². The van der Waals surface area contributed by atoms with Crippen molar-refractivity contribution in [3.05, 3.63) is 54.1 Å². The van der Waals surface area contributed by atoms with Crippen LogP contribution in [0.25, 0.3) is 0 Å². The number of likely N-dealkylation sites (N-methyl/N-ethyl adjacent to an activating group) is 1. The lowest BCUT2D eigenvalue weighted by Crippen LogP contribution is -2.50. The molecule has 3 atom stereocenters. The fourth-order valence-electron chi connectivity index (χ4n) is 4.42. The van der Waals surface area contributed by atoms with Gasteiger partial charge >= 0.3 is 0 Å². The Balaban J connectivity index is 1.89. The third kappa shape index (κ3) is 7.78. The van der Waals surface area contributed by atoms with E-state index in [0.29, 0.717) is 24.3 Å². The molecule has 0 aliphatic carbocycles. The van der Waals surface area contributed by atoms with Gasteiger partial charge in [-0.2, -0.15) is 4.31 Å². The van der Waals surface area contributed by atoms with E-state index in [-0.39, 0.29) is 47.9 Å². The van der Waals surface area contributed by atoms with E-state index >= 15 is 0 Å². The first-order valence-electron chi connectivity index (χ1n) is 13.1. The van der Waals surface area contributed by atoms with Crippen molar-refractivity contribution in [2.24, 2.45) is 5.92 Å². The van der Waals surface area contributed by atoms with Crippen LogP contribution in [0.15, 0.2) is 53.4 Å². The monoisotopic (exact) mass is 560 g/mol. The summed E-state index contributed by atoms with van der Waals surface area (Å²) < 4.78 is 33.9. The summed E-state index contributed by atoms with van der Waals surface area (Å²) in [4.78, 5) is 29.8. The standard InChI is InChI=1S/C28H40N4O6S/c1-20-17-32(21(2)19-33)28(35)24-16-22(29-27(34)12-9-15-30(3)4)13-14-25(24)38-26(20)18-31(5)39(36,37)23-10-7-6-8-11-23/h6-8,10-11,13-14,16,20-21,26,33H,9,12,15,17-19H2,1-5H3,(H,29,34)/t20-,21+,26+/m1/s1. The van der Waals surface area contributed by atoms with Gasteiger partial charge in [0.1, 0.15) is 11.9 Å². The highest BCUT2D eigenvalue weighted by Gasteiger charge is 2.35. The van der Waals surface area contributed by atoms with Crippen molar-refractivity contribution in [1.29, 1.82) is 0 Å². The zero-order chi connectivity index (χ0) is 28.7. The van der Waals surface area contributed by atoms with Gasteiger partial charge in [0.2, 0.25) is 15.9 Å². The Morgan fingerprint density at radius 3 is 2.51 bits per heavy atom. The van der Waals surface area contributed by atoms with Gasteiger partial charge in [-0.05, 0) is 64.3 Å². The first-order chi connectivity index (χ1) is 18.4.